The van der Waals surface area contributed by atoms with Gasteiger partial charge in [0.05, 0.1) is 12.6 Å². The second kappa shape index (κ2) is 2.42. The highest BCUT2D eigenvalue weighted by atomic mass is 19.1. The summed E-state index contributed by atoms with van der Waals surface area (Å²) in [7, 11) is 0. The third-order valence-corrected chi connectivity index (χ3v) is 1.31. The lowest BCUT2D eigenvalue weighted by molar-refractivity contribution is 0.0341. The molecule has 3 heteroatoms. The van der Waals surface area contributed by atoms with Gasteiger partial charge in [-0.2, -0.15) is 0 Å². The minimum Gasteiger partial charge on any atom is -0.380 e. The summed E-state index contributed by atoms with van der Waals surface area (Å²) < 4.78 is 17.3. The van der Waals surface area contributed by atoms with Gasteiger partial charge in [0.25, 0.3) is 0 Å². The fourth-order valence-corrected chi connectivity index (χ4v) is 0.734. The van der Waals surface area contributed by atoms with Crippen molar-refractivity contribution < 1.29 is 9.13 Å². The molecule has 0 saturated carbocycles. The number of hydrogen-bond donors (Lipinski definition) is 1. The maximum Gasteiger partial charge on any atom is 0.120 e. The van der Waals surface area contributed by atoms with Crippen molar-refractivity contribution in [1.82, 2.24) is 0 Å². The SMILES string of the molecule is N[C@@H]1COCC[C@@H]1F. The van der Waals surface area contributed by atoms with E-state index in [0.29, 0.717) is 19.6 Å². The Balaban J connectivity index is 2.28. The van der Waals surface area contributed by atoms with E-state index < -0.39 is 6.17 Å². The summed E-state index contributed by atoms with van der Waals surface area (Å²) in [5, 5.41) is 0. The molecule has 1 aliphatic heterocycles. The topological polar surface area (TPSA) is 35.2 Å². The summed E-state index contributed by atoms with van der Waals surface area (Å²) in [5.41, 5.74) is 5.28. The van der Waals surface area contributed by atoms with Gasteiger partial charge in [-0.15, -0.1) is 0 Å². The molecule has 0 spiro atoms. The van der Waals surface area contributed by atoms with Crippen molar-refractivity contribution in [3.8, 4) is 0 Å². The molecule has 0 unspecified atom stereocenters. The van der Waals surface area contributed by atoms with E-state index in [4.69, 9.17) is 10.5 Å². The number of nitrogens with two attached hydrogens (primary N) is 1. The Morgan fingerprint density at radius 1 is 1.62 bits per heavy atom. The average Bonchev–Trinajstić information content (AvgIpc) is 1.77. The average molecular weight is 119 g/mol. The largest absolute Gasteiger partial charge is 0.380 e. The Kier molecular flexibility index (Phi) is 1.81. The van der Waals surface area contributed by atoms with Crippen molar-refractivity contribution in [2.75, 3.05) is 13.2 Å². The third-order valence-electron chi connectivity index (χ3n) is 1.31. The first kappa shape index (κ1) is 5.98. The summed E-state index contributed by atoms with van der Waals surface area (Å²) in [6, 6.07) is -0.385. The van der Waals surface area contributed by atoms with Gasteiger partial charge < -0.3 is 10.5 Å². The summed E-state index contributed by atoms with van der Waals surface area (Å²) in [6.45, 7) is 0.899. The summed E-state index contributed by atoms with van der Waals surface area (Å²) in [5.74, 6) is 0. The van der Waals surface area contributed by atoms with Gasteiger partial charge in [0.2, 0.25) is 0 Å². The standard InChI is InChI=1S/C5H10FNO/c6-4-1-2-8-3-5(4)7/h4-5H,1-3,7H2/t4-,5+/m0/s1. The van der Waals surface area contributed by atoms with E-state index in [2.05, 4.69) is 0 Å². The van der Waals surface area contributed by atoms with Crippen LogP contribution in [0.4, 0.5) is 4.39 Å². The van der Waals surface area contributed by atoms with Crippen LogP contribution in [-0.2, 0) is 4.74 Å². The molecular formula is C5H10FNO. The molecule has 0 aromatic carbocycles. The Morgan fingerprint density at radius 2 is 2.38 bits per heavy atom. The molecule has 0 bridgehead atoms. The van der Waals surface area contributed by atoms with Crippen LogP contribution < -0.4 is 5.73 Å². The first-order valence-electron chi connectivity index (χ1n) is 2.78. The van der Waals surface area contributed by atoms with E-state index in [-0.39, 0.29) is 6.04 Å². The van der Waals surface area contributed by atoms with Gasteiger partial charge in [0.15, 0.2) is 0 Å². The lowest BCUT2D eigenvalue weighted by atomic mass is 10.1. The van der Waals surface area contributed by atoms with E-state index >= 15 is 0 Å². The van der Waals surface area contributed by atoms with Gasteiger partial charge in [-0.1, -0.05) is 0 Å². The first-order chi connectivity index (χ1) is 3.80. The van der Waals surface area contributed by atoms with Gasteiger partial charge in [-0.05, 0) is 0 Å². The molecule has 0 aliphatic carbocycles. The maximum absolute atomic E-state index is 12.4. The fourth-order valence-electron chi connectivity index (χ4n) is 0.734. The van der Waals surface area contributed by atoms with Crippen LogP contribution in [0.25, 0.3) is 0 Å². The Hall–Kier alpha value is -0.150. The number of hydrogen-bond acceptors (Lipinski definition) is 2. The Labute approximate surface area is 47.8 Å². The maximum atomic E-state index is 12.4. The van der Waals surface area contributed by atoms with Crippen molar-refractivity contribution in [1.29, 1.82) is 0 Å². The minimum absolute atomic E-state index is 0.376. The van der Waals surface area contributed by atoms with Crippen molar-refractivity contribution >= 4 is 0 Å². The minimum atomic E-state index is -0.844. The molecule has 0 amide bonds. The van der Waals surface area contributed by atoms with E-state index in [0.717, 1.165) is 0 Å². The van der Waals surface area contributed by atoms with Crippen molar-refractivity contribution in [3.05, 3.63) is 0 Å². The molecular weight excluding hydrogens is 109 g/mol. The van der Waals surface area contributed by atoms with Gasteiger partial charge in [0.1, 0.15) is 6.17 Å². The Morgan fingerprint density at radius 3 is 2.75 bits per heavy atom. The molecule has 0 aromatic rings. The van der Waals surface area contributed by atoms with Crippen LogP contribution >= 0.6 is 0 Å². The normalized spacial score (nSPS) is 39.8. The molecule has 1 fully saturated rings. The van der Waals surface area contributed by atoms with Crippen molar-refractivity contribution in [2.45, 2.75) is 18.6 Å². The number of halogens is 1. The van der Waals surface area contributed by atoms with E-state index in [1.807, 2.05) is 0 Å². The molecule has 8 heavy (non-hydrogen) atoms. The zero-order valence-electron chi connectivity index (χ0n) is 4.64. The monoisotopic (exact) mass is 119 g/mol. The van der Waals surface area contributed by atoms with Crippen LogP contribution in [0.3, 0.4) is 0 Å². The van der Waals surface area contributed by atoms with Gasteiger partial charge >= 0.3 is 0 Å². The quantitative estimate of drug-likeness (QED) is 0.490. The predicted molar refractivity (Wildman–Crippen MR) is 28.3 cm³/mol. The molecule has 48 valence electrons. The van der Waals surface area contributed by atoms with E-state index in [1.165, 1.54) is 0 Å². The second-order valence-electron chi connectivity index (χ2n) is 2.04. The van der Waals surface area contributed by atoms with Gasteiger partial charge in [-0.3, -0.25) is 0 Å². The molecule has 1 aliphatic rings. The lowest BCUT2D eigenvalue weighted by Crippen LogP contribution is -2.40. The number of rotatable bonds is 0. The van der Waals surface area contributed by atoms with Crippen LogP contribution in [0.5, 0.6) is 0 Å². The van der Waals surface area contributed by atoms with Gasteiger partial charge in [0, 0.05) is 13.0 Å². The van der Waals surface area contributed by atoms with Crippen molar-refractivity contribution in [2.24, 2.45) is 5.73 Å². The van der Waals surface area contributed by atoms with Crippen LogP contribution in [0, 0.1) is 0 Å². The highest BCUT2D eigenvalue weighted by Crippen LogP contribution is 2.08. The highest BCUT2D eigenvalue weighted by Gasteiger charge is 2.20. The van der Waals surface area contributed by atoms with Crippen LogP contribution in [0.2, 0.25) is 0 Å². The van der Waals surface area contributed by atoms with Crippen LogP contribution in [0.15, 0.2) is 0 Å². The summed E-state index contributed by atoms with van der Waals surface area (Å²) >= 11 is 0. The molecule has 2 nitrogen and oxygen atoms in total. The smallest absolute Gasteiger partial charge is 0.120 e. The lowest BCUT2D eigenvalue weighted by Gasteiger charge is -2.21. The molecule has 0 radical (unpaired) electrons. The third kappa shape index (κ3) is 1.17. The first-order valence-corrected chi connectivity index (χ1v) is 2.78. The van der Waals surface area contributed by atoms with Crippen LogP contribution in [-0.4, -0.2) is 25.4 Å². The second-order valence-corrected chi connectivity index (χ2v) is 2.04. The van der Waals surface area contributed by atoms with Crippen molar-refractivity contribution in [3.63, 3.8) is 0 Å². The molecule has 2 atom stereocenters. The fraction of sp³-hybridized carbons (Fsp3) is 1.00. The van der Waals surface area contributed by atoms with Crippen LogP contribution in [0.1, 0.15) is 6.42 Å². The van der Waals surface area contributed by atoms with E-state index in [9.17, 15) is 4.39 Å². The Bertz CT molecular complexity index is 68.8. The molecule has 1 rings (SSSR count). The zero-order chi connectivity index (χ0) is 5.98. The molecule has 1 saturated heterocycles. The summed E-state index contributed by atoms with van der Waals surface area (Å²) in [6.07, 6.45) is -0.384. The van der Waals surface area contributed by atoms with E-state index in [1.54, 1.807) is 0 Å². The predicted octanol–water partition coefficient (Wildman–Crippen LogP) is 0.0721. The highest BCUT2D eigenvalue weighted by molar-refractivity contribution is 4.74. The molecule has 1 heterocycles. The summed E-state index contributed by atoms with van der Waals surface area (Å²) in [4.78, 5) is 0. The molecule has 2 N–H and O–H groups in total. The molecule has 0 aromatic heterocycles. The number of ether oxygens (including phenoxy) is 1. The van der Waals surface area contributed by atoms with Gasteiger partial charge in [-0.25, -0.2) is 4.39 Å². The number of alkyl halides is 1. The zero-order valence-corrected chi connectivity index (χ0v) is 4.64.